The normalized spacial score (nSPS) is 10.7. The van der Waals surface area contributed by atoms with E-state index in [9.17, 15) is 4.79 Å². The van der Waals surface area contributed by atoms with E-state index in [0.29, 0.717) is 16.2 Å². The van der Waals surface area contributed by atoms with Gasteiger partial charge in [0.05, 0.1) is 5.56 Å². The number of H-pyrrole nitrogens is 2. The number of aryl methyl sites for hydroxylation is 2. The lowest BCUT2D eigenvalue weighted by Gasteiger charge is -2.04. The molecule has 0 saturated heterocycles. The number of hydrogen-bond donors (Lipinski definition) is 2. The Kier molecular flexibility index (Phi) is 2.51. The van der Waals surface area contributed by atoms with Gasteiger partial charge in [-0.25, -0.2) is 0 Å². The molecule has 0 fully saturated rings. The molecule has 0 bridgehead atoms. The van der Waals surface area contributed by atoms with E-state index < -0.39 is 0 Å². The van der Waals surface area contributed by atoms with Crippen molar-refractivity contribution in [3.63, 3.8) is 0 Å². The molecule has 2 heterocycles. The first kappa shape index (κ1) is 10.8. The summed E-state index contributed by atoms with van der Waals surface area (Å²) in [5, 5.41) is 6.73. The Morgan fingerprint density at radius 3 is 2.62 bits per heavy atom. The lowest BCUT2D eigenvalue weighted by atomic mass is 10.1. The van der Waals surface area contributed by atoms with Crippen LogP contribution < -0.4 is 5.56 Å². The number of pyridine rings is 1. The van der Waals surface area contributed by atoms with E-state index in [1.807, 2.05) is 19.9 Å². The van der Waals surface area contributed by atoms with Gasteiger partial charge in [-0.3, -0.25) is 9.89 Å². The van der Waals surface area contributed by atoms with Crippen LogP contribution in [0.5, 0.6) is 0 Å². The Morgan fingerprint density at radius 2 is 2.12 bits per heavy atom. The van der Waals surface area contributed by atoms with Gasteiger partial charge in [0.25, 0.3) is 5.56 Å². The van der Waals surface area contributed by atoms with Crippen molar-refractivity contribution in [3.05, 3.63) is 32.4 Å². The Morgan fingerprint density at radius 1 is 1.44 bits per heavy atom. The van der Waals surface area contributed by atoms with Gasteiger partial charge in [0.1, 0.15) is 0 Å². The van der Waals surface area contributed by atoms with Crippen LogP contribution in [0, 0.1) is 18.6 Å². The Bertz CT molecular complexity index is 650. The maximum absolute atomic E-state index is 11.9. The molecule has 0 amide bonds. The number of nitrogens with zero attached hydrogens (tertiary/aromatic N) is 2. The lowest BCUT2D eigenvalue weighted by Crippen LogP contribution is -2.14. The Hall–Kier alpha value is -1.69. The van der Waals surface area contributed by atoms with Gasteiger partial charge in [-0.15, -0.1) is 0 Å². The van der Waals surface area contributed by atoms with Crippen LogP contribution in [-0.2, 0) is 7.05 Å². The predicted octanol–water partition coefficient (Wildman–Crippen LogP) is 1.45. The number of hydrogen-bond acceptors (Lipinski definition) is 3. The molecule has 0 aliphatic rings. The molecule has 0 saturated carbocycles. The molecule has 0 radical (unpaired) electrons. The molecule has 5 nitrogen and oxygen atoms in total. The highest BCUT2D eigenvalue weighted by Gasteiger charge is 2.13. The summed E-state index contributed by atoms with van der Waals surface area (Å²) in [5.41, 5.74) is 2.14. The molecule has 0 aliphatic carbocycles. The second kappa shape index (κ2) is 3.71. The fourth-order valence-electron chi connectivity index (χ4n) is 1.70. The standard InChI is InChI=1S/C10H12N4OS/c1-5-4-6(2)11-9(15)7(5)8-12-13-10(16)14(8)3/h4H,1-3H3,(H,11,15)(H,13,16). The average Bonchev–Trinajstić information content (AvgIpc) is 2.48. The molecule has 0 aliphatic heterocycles. The molecule has 84 valence electrons. The van der Waals surface area contributed by atoms with Gasteiger partial charge in [0.2, 0.25) is 0 Å². The molecule has 2 rings (SSSR count). The van der Waals surface area contributed by atoms with Gasteiger partial charge < -0.3 is 9.55 Å². The van der Waals surface area contributed by atoms with Gasteiger partial charge in [-0.1, -0.05) is 0 Å². The first-order chi connectivity index (χ1) is 7.50. The molecule has 6 heteroatoms. The summed E-state index contributed by atoms with van der Waals surface area (Å²) in [4.78, 5) is 14.6. The molecule has 0 aromatic carbocycles. The topological polar surface area (TPSA) is 66.5 Å². The average molecular weight is 236 g/mol. The van der Waals surface area contributed by atoms with E-state index >= 15 is 0 Å². The van der Waals surface area contributed by atoms with Crippen molar-refractivity contribution in [1.29, 1.82) is 0 Å². The van der Waals surface area contributed by atoms with E-state index in [0.717, 1.165) is 11.3 Å². The van der Waals surface area contributed by atoms with Gasteiger partial charge in [-0.05, 0) is 37.7 Å². The molecule has 16 heavy (non-hydrogen) atoms. The maximum atomic E-state index is 11.9. The molecule has 2 aromatic heterocycles. The van der Waals surface area contributed by atoms with E-state index in [2.05, 4.69) is 15.2 Å². The number of aromatic nitrogens is 4. The van der Waals surface area contributed by atoms with Gasteiger partial charge >= 0.3 is 0 Å². The maximum Gasteiger partial charge on any atom is 0.259 e. The molecule has 2 N–H and O–H groups in total. The zero-order valence-electron chi connectivity index (χ0n) is 9.29. The Labute approximate surface area is 97.2 Å². The lowest BCUT2D eigenvalue weighted by molar-refractivity contribution is 0.897. The minimum absolute atomic E-state index is 0.144. The van der Waals surface area contributed by atoms with Crippen molar-refractivity contribution >= 4 is 12.2 Å². The fraction of sp³-hybridized carbons (Fsp3) is 0.300. The zero-order chi connectivity index (χ0) is 11.9. The SMILES string of the molecule is Cc1cc(C)c(-c2n[nH]c(=S)n2C)c(=O)[nH]1. The summed E-state index contributed by atoms with van der Waals surface area (Å²) in [6, 6.07) is 1.91. The first-order valence-electron chi connectivity index (χ1n) is 4.83. The monoisotopic (exact) mass is 236 g/mol. The van der Waals surface area contributed by atoms with Gasteiger partial charge in [-0.2, -0.15) is 5.10 Å². The largest absolute Gasteiger partial charge is 0.326 e. The summed E-state index contributed by atoms with van der Waals surface area (Å²) < 4.78 is 2.18. The minimum atomic E-state index is -0.144. The summed E-state index contributed by atoms with van der Waals surface area (Å²) in [5.74, 6) is 0.559. The van der Waals surface area contributed by atoms with Crippen LogP contribution in [0.4, 0.5) is 0 Å². The predicted molar refractivity (Wildman–Crippen MR) is 63.9 cm³/mol. The minimum Gasteiger partial charge on any atom is -0.326 e. The van der Waals surface area contributed by atoms with E-state index in [1.54, 1.807) is 11.6 Å². The smallest absolute Gasteiger partial charge is 0.259 e. The van der Waals surface area contributed by atoms with Crippen molar-refractivity contribution in [2.75, 3.05) is 0 Å². The third-order valence-corrected chi connectivity index (χ3v) is 2.83. The van der Waals surface area contributed by atoms with Crippen LogP contribution >= 0.6 is 12.2 Å². The second-order valence-corrected chi connectivity index (χ2v) is 4.14. The highest BCUT2D eigenvalue weighted by molar-refractivity contribution is 7.71. The Balaban J connectivity index is 2.79. The van der Waals surface area contributed by atoms with Crippen molar-refractivity contribution in [3.8, 4) is 11.4 Å². The number of aromatic amines is 2. The van der Waals surface area contributed by atoms with Crippen molar-refractivity contribution in [2.45, 2.75) is 13.8 Å². The van der Waals surface area contributed by atoms with Crippen LogP contribution in [-0.4, -0.2) is 19.7 Å². The van der Waals surface area contributed by atoms with Crippen molar-refractivity contribution in [1.82, 2.24) is 19.7 Å². The number of rotatable bonds is 1. The van der Waals surface area contributed by atoms with Crippen molar-refractivity contribution < 1.29 is 0 Å². The highest BCUT2D eigenvalue weighted by atomic mass is 32.1. The third-order valence-electron chi connectivity index (χ3n) is 2.47. The molecule has 0 spiro atoms. The van der Waals surface area contributed by atoms with E-state index in [1.165, 1.54) is 0 Å². The quantitative estimate of drug-likeness (QED) is 0.736. The summed E-state index contributed by atoms with van der Waals surface area (Å²) in [6.07, 6.45) is 0. The second-order valence-electron chi connectivity index (χ2n) is 3.75. The van der Waals surface area contributed by atoms with Crippen molar-refractivity contribution in [2.24, 2.45) is 7.05 Å². The van der Waals surface area contributed by atoms with Crippen LogP contribution in [0.2, 0.25) is 0 Å². The molecule has 2 aromatic rings. The molecular formula is C10H12N4OS. The van der Waals surface area contributed by atoms with Crippen LogP contribution in [0.15, 0.2) is 10.9 Å². The molecule has 0 atom stereocenters. The third kappa shape index (κ3) is 1.61. The number of nitrogens with one attached hydrogen (secondary N) is 2. The summed E-state index contributed by atoms with van der Waals surface area (Å²) in [6.45, 7) is 3.73. The van der Waals surface area contributed by atoms with E-state index in [-0.39, 0.29) is 5.56 Å². The van der Waals surface area contributed by atoms with Crippen LogP contribution in [0.25, 0.3) is 11.4 Å². The highest BCUT2D eigenvalue weighted by Crippen LogP contribution is 2.16. The summed E-state index contributed by atoms with van der Waals surface area (Å²) >= 11 is 5.02. The van der Waals surface area contributed by atoms with Gasteiger partial charge in [0.15, 0.2) is 10.6 Å². The van der Waals surface area contributed by atoms with Crippen LogP contribution in [0.1, 0.15) is 11.3 Å². The summed E-state index contributed by atoms with van der Waals surface area (Å²) in [7, 11) is 1.78. The van der Waals surface area contributed by atoms with E-state index in [4.69, 9.17) is 12.2 Å². The first-order valence-corrected chi connectivity index (χ1v) is 5.24. The zero-order valence-corrected chi connectivity index (χ0v) is 10.1. The van der Waals surface area contributed by atoms with Crippen LogP contribution in [0.3, 0.4) is 0 Å². The fourth-order valence-corrected chi connectivity index (χ4v) is 1.83. The molecular weight excluding hydrogens is 224 g/mol. The van der Waals surface area contributed by atoms with Gasteiger partial charge in [0, 0.05) is 12.7 Å². The molecule has 0 unspecified atom stereocenters.